The summed E-state index contributed by atoms with van der Waals surface area (Å²) in [5.41, 5.74) is 1.43. The van der Waals surface area contributed by atoms with Gasteiger partial charge in [-0.1, -0.05) is 22.9 Å². The number of nitro groups is 1. The molecular weight excluding hydrogens is 370 g/mol. The molecule has 1 aliphatic heterocycles. The molecule has 3 heterocycles. The third-order valence-electron chi connectivity index (χ3n) is 3.66. The molecule has 132 valence electrons. The van der Waals surface area contributed by atoms with Gasteiger partial charge >= 0.3 is 5.69 Å². The lowest BCUT2D eigenvalue weighted by atomic mass is 10.2. The summed E-state index contributed by atoms with van der Waals surface area (Å²) in [4.78, 5) is 30.6. The van der Waals surface area contributed by atoms with Gasteiger partial charge in [0.25, 0.3) is 0 Å². The first kappa shape index (κ1) is 17.5. The molecule has 25 heavy (non-hydrogen) atoms. The highest BCUT2D eigenvalue weighted by atomic mass is 35.5. The highest BCUT2D eigenvalue weighted by Crippen LogP contribution is 2.28. The second-order valence-corrected chi connectivity index (χ2v) is 6.58. The molecule has 1 N–H and O–H groups in total. The van der Waals surface area contributed by atoms with E-state index in [2.05, 4.69) is 20.5 Å². The lowest BCUT2D eigenvalue weighted by Crippen LogP contribution is -2.49. The minimum Gasteiger partial charge on any atom is -0.348 e. The van der Waals surface area contributed by atoms with E-state index in [-0.39, 0.29) is 23.2 Å². The molecule has 12 heteroatoms. The van der Waals surface area contributed by atoms with E-state index in [1.165, 1.54) is 23.6 Å². The molecular formula is C13H14ClN7O3S. The zero-order valence-electron chi connectivity index (χ0n) is 13.0. The Morgan fingerprint density at radius 3 is 2.80 bits per heavy atom. The summed E-state index contributed by atoms with van der Waals surface area (Å²) >= 11 is 7.04. The van der Waals surface area contributed by atoms with Gasteiger partial charge in [-0.25, -0.2) is 4.98 Å². The number of halogens is 1. The quantitative estimate of drug-likeness (QED) is 0.605. The lowest BCUT2D eigenvalue weighted by molar-refractivity contribution is -0.384. The maximum absolute atomic E-state index is 12.0. The topological polar surface area (TPSA) is 117 Å². The summed E-state index contributed by atoms with van der Waals surface area (Å²) in [6.07, 6.45) is 1.39. The molecule has 1 aliphatic rings. The maximum atomic E-state index is 12.0. The van der Waals surface area contributed by atoms with Gasteiger partial charge in [-0.3, -0.25) is 25.1 Å². The number of rotatable bonds is 5. The highest BCUT2D eigenvalue weighted by molar-refractivity contribution is 7.13. The predicted octanol–water partition coefficient (Wildman–Crippen LogP) is 1.26. The molecule has 0 atom stereocenters. The van der Waals surface area contributed by atoms with Crippen molar-refractivity contribution in [2.45, 2.75) is 0 Å². The van der Waals surface area contributed by atoms with Crippen LogP contribution >= 0.6 is 22.9 Å². The van der Waals surface area contributed by atoms with Crippen LogP contribution in [0.25, 0.3) is 0 Å². The standard InChI is InChI=1S/C13H14ClN7O3S/c14-9-5-10(21(23)24)12(15-6-9)20-3-1-19(2-4-20)7-11(22)17-13-18-16-8-25-13/h5-6,8H,1-4,7H2,(H,17,18,22). The number of piperazine rings is 1. The van der Waals surface area contributed by atoms with E-state index < -0.39 is 4.92 Å². The van der Waals surface area contributed by atoms with Crippen molar-refractivity contribution in [1.82, 2.24) is 20.1 Å². The molecule has 2 aromatic rings. The van der Waals surface area contributed by atoms with Crippen molar-refractivity contribution in [1.29, 1.82) is 0 Å². The SMILES string of the molecule is O=C(CN1CCN(c2ncc(Cl)cc2[N+](=O)[O-])CC1)Nc1nncs1. The van der Waals surface area contributed by atoms with Crippen molar-refractivity contribution in [3.05, 3.63) is 32.9 Å². The minimum atomic E-state index is -0.490. The predicted molar refractivity (Wildman–Crippen MR) is 93.1 cm³/mol. The number of amides is 1. The molecule has 10 nitrogen and oxygen atoms in total. The molecule has 0 bridgehead atoms. The van der Waals surface area contributed by atoms with E-state index in [1.807, 2.05) is 9.80 Å². The average Bonchev–Trinajstić information content (AvgIpc) is 3.08. The Bertz CT molecular complexity index is 765. The Hall–Kier alpha value is -2.37. The first-order valence-corrected chi connectivity index (χ1v) is 8.62. The van der Waals surface area contributed by atoms with Gasteiger partial charge in [-0.05, 0) is 0 Å². The minimum absolute atomic E-state index is 0.116. The number of carbonyl (C=O) groups excluding carboxylic acids is 1. The van der Waals surface area contributed by atoms with Gasteiger partial charge in [-0.15, -0.1) is 10.2 Å². The van der Waals surface area contributed by atoms with Crippen LogP contribution in [0.15, 0.2) is 17.8 Å². The van der Waals surface area contributed by atoms with Crippen LogP contribution in [0, 0.1) is 10.1 Å². The van der Waals surface area contributed by atoms with Crippen LogP contribution < -0.4 is 10.2 Å². The molecule has 1 amide bonds. The van der Waals surface area contributed by atoms with Gasteiger partial charge < -0.3 is 4.90 Å². The van der Waals surface area contributed by atoms with Crippen LogP contribution in [0.4, 0.5) is 16.6 Å². The van der Waals surface area contributed by atoms with Crippen LogP contribution in [-0.2, 0) is 4.79 Å². The molecule has 2 aromatic heterocycles. The maximum Gasteiger partial charge on any atom is 0.313 e. The summed E-state index contributed by atoms with van der Waals surface area (Å²) in [5.74, 6) is 0.133. The normalized spacial score (nSPS) is 15.2. The number of pyridine rings is 1. The van der Waals surface area contributed by atoms with Crippen LogP contribution in [0.5, 0.6) is 0 Å². The van der Waals surface area contributed by atoms with Crippen LogP contribution in [0.1, 0.15) is 0 Å². The summed E-state index contributed by atoms with van der Waals surface area (Å²) in [7, 11) is 0. The van der Waals surface area contributed by atoms with Crippen LogP contribution in [0.3, 0.4) is 0 Å². The number of nitrogens with zero attached hydrogens (tertiary/aromatic N) is 6. The molecule has 0 saturated carbocycles. The van der Waals surface area contributed by atoms with Gasteiger partial charge in [0.1, 0.15) is 5.51 Å². The first-order valence-electron chi connectivity index (χ1n) is 7.36. The Labute approximate surface area is 151 Å². The molecule has 0 aliphatic carbocycles. The van der Waals surface area contributed by atoms with E-state index in [0.29, 0.717) is 37.1 Å². The molecule has 1 fully saturated rings. The average molecular weight is 384 g/mol. The van der Waals surface area contributed by atoms with Crippen molar-refractivity contribution in [3.63, 3.8) is 0 Å². The molecule has 0 aromatic carbocycles. The van der Waals surface area contributed by atoms with Gasteiger partial charge in [0, 0.05) is 38.4 Å². The van der Waals surface area contributed by atoms with E-state index >= 15 is 0 Å². The number of hydrogen-bond acceptors (Lipinski definition) is 9. The zero-order chi connectivity index (χ0) is 17.8. The molecule has 0 radical (unpaired) electrons. The number of carbonyl (C=O) groups is 1. The molecule has 0 spiro atoms. The van der Waals surface area contributed by atoms with Gasteiger partial charge in [0.2, 0.25) is 16.9 Å². The largest absolute Gasteiger partial charge is 0.348 e. The third kappa shape index (κ3) is 4.38. The van der Waals surface area contributed by atoms with Crippen molar-refractivity contribution < 1.29 is 9.72 Å². The van der Waals surface area contributed by atoms with Gasteiger partial charge in [0.15, 0.2) is 0 Å². The van der Waals surface area contributed by atoms with Crippen molar-refractivity contribution >= 4 is 45.5 Å². The number of nitrogens with one attached hydrogen (secondary N) is 1. The second-order valence-electron chi connectivity index (χ2n) is 5.31. The summed E-state index contributed by atoms with van der Waals surface area (Å²) < 4.78 is 0. The molecule has 3 rings (SSSR count). The summed E-state index contributed by atoms with van der Waals surface area (Å²) in [6, 6.07) is 1.30. The Kier molecular flexibility index (Phi) is 5.36. The fourth-order valence-corrected chi connectivity index (χ4v) is 3.12. The monoisotopic (exact) mass is 383 g/mol. The van der Waals surface area contributed by atoms with Gasteiger partial charge in [-0.2, -0.15) is 0 Å². The fraction of sp³-hybridized carbons (Fsp3) is 0.385. The Morgan fingerprint density at radius 2 is 2.16 bits per heavy atom. The van der Waals surface area contributed by atoms with Crippen LogP contribution in [0.2, 0.25) is 5.02 Å². The Morgan fingerprint density at radius 1 is 1.40 bits per heavy atom. The van der Waals surface area contributed by atoms with E-state index in [0.717, 1.165) is 0 Å². The number of hydrogen-bond donors (Lipinski definition) is 1. The van der Waals surface area contributed by atoms with Crippen LogP contribution in [-0.4, -0.2) is 63.6 Å². The van der Waals surface area contributed by atoms with Crippen molar-refractivity contribution in [2.24, 2.45) is 0 Å². The summed E-state index contributed by atoms with van der Waals surface area (Å²) in [5, 5.41) is 22.0. The highest BCUT2D eigenvalue weighted by Gasteiger charge is 2.26. The first-order chi connectivity index (χ1) is 12.0. The number of aromatic nitrogens is 3. The second kappa shape index (κ2) is 7.68. The smallest absolute Gasteiger partial charge is 0.313 e. The van der Waals surface area contributed by atoms with Gasteiger partial charge in [0.05, 0.1) is 16.5 Å². The van der Waals surface area contributed by atoms with E-state index in [4.69, 9.17) is 11.6 Å². The zero-order valence-corrected chi connectivity index (χ0v) is 14.5. The molecule has 0 unspecified atom stereocenters. The third-order valence-corrected chi connectivity index (χ3v) is 4.47. The molecule has 1 saturated heterocycles. The number of anilines is 2. The fourth-order valence-electron chi connectivity index (χ4n) is 2.51. The Balaban J connectivity index is 1.57. The van der Waals surface area contributed by atoms with E-state index in [1.54, 1.807) is 5.51 Å². The van der Waals surface area contributed by atoms with Crippen molar-refractivity contribution in [3.8, 4) is 0 Å². The van der Waals surface area contributed by atoms with Crippen molar-refractivity contribution in [2.75, 3.05) is 42.9 Å². The summed E-state index contributed by atoms with van der Waals surface area (Å²) in [6.45, 7) is 2.46. The van der Waals surface area contributed by atoms with E-state index in [9.17, 15) is 14.9 Å². The lowest BCUT2D eigenvalue weighted by Gasteiger charge is -2.34.